The number of carbonyl (C=O) groups excluding carboxylic acids is 1. The van der Waals surface area contributed by atoms with E-state index in [1.54, 1.807) is 24.0 Å². The SMILES string of the molecule is COC(=O)C1=C(C)N(c2ccccc2)C(=S)N[C@H]1c1cc(Cl)c(O)c(OC)c1. The van der Waals surface area contributed by atoms with Crippen LogP contribution in [0.2, 0.25) is 5.02 Å². The van der Waals surface area contributed by atoms with Gasteiger partial charge in [0.25, 0.3) is 0 Å². The lowest BCUT2D eigenvalue weighted by Gasteiger charge is -2.37. The Hall–Kier alpha value is -2.77. The van der Waals surface area contributed by atoms with Gasteiger partial charge in [0.1, 0.15) is 0 Å². The van der Waals surface area contributed by atoms with Crippen molar-refractivity contribution in [2.45, 2.75) is 13.0 Å². The van der Waals surface area contributed by atoms with Crippen LogP contribution in [-0.4, -0.2) is 30.4 Å². The number of nitrogens with zero attached hydrogens (tertiary/aromatic N) is 1. The predicted octanol–water partition coefficient (Wildman–Crippen LogP) is 3.94. The molecule has 0 aromatic heterocycles. The Balaban J connectivity index is 2.18. The number of esters is 1. The van der Waals surface area contributed by atoms with Gasteiger partial charge >= 0.3 is 5.97 Å². The maximum Gasteiger partial charge on any atom is 0.337 e. The van der Waals surface area contributed by atoms with Crippen molar-refractivity contribution in [1.82, 2.24) is 5.32 Å². The van der Waals surface area contributed by atoms with E-state index in [-0.39, 0.29) is 16.5 Å². The van der Waals surface area contributed by atoms with E-state index in [9.17, 15) is 9.90 Å². The second-order valence-corrected chi connectivity index (χ2v) is 6.89. The van der Waals surface area contributed by atoms with Gasteiger partial charge < -0.3 is 19.9 Å². The molecular formula is C20H19ClN2O4S. The number of phenolic OH excluding ortho intramolecular Hbond substituents is 1. The normalized spacial score (nSPS) is 16.6. The molecular weight excluding hydrogens is 400 g/mol. The molecule has 0 radical (unpaired) electrons. The van der Waals surface area contributed by atoms with Gasteiger partial charge in [0.05, 0.1) is 30.9 Å². The molecule has 1 heterocycles. The highest BCUT2D eigenvalue weighted by Crippen LogP contribution is 2.40. The van der Waals surface area contributed by atoms with Crippen LogP contribution < -0.4 is 15.0 Å². The number of thiocarbonyl (C=S) groups is 1. The van der Waals surface area contributed by atoms with Crippen LogP contribution in [0.1, 0.15) is 18.5 Å². The third-order valence-electron chi connectivity index (χ3n) is 4.51. The minimum Gasteiger partial charge on any atom is -0.503 e. The summed E-state index contributed by atoms with van der Waals surface area (Å²) in [6, 6.07) is 12.0. The summed E-state index contributed by atoms with van der Waals surface area (Å²) in [6.45, 7) is 1.80. The van der Waals surface area contributed by atoms with Crippen LogP contribution in [0.15, 0.2) is 53.7 Å². The Morgan fingerprint density at radius 1 is 1.25 bits per heavy atom. The Bertz CT molecular complexity index is 962. The fourth-order valence-corrected chi connectivity index (χ4v) is 3.75. The summed E-state index contributed by atoms with van der Waals surface area (Å²) >= 11 is 11.7. The molecule has 28 heavy (non-hydrogen) atoms. The zero-order valence-corrected chi connectivity index (χ0v) is 17.1. The van der Waals surface area contributed by atoms with Crippen LogP contribution in [0.4, 0.5) is 5.69 Å². The third kappa shape index (κ3) is 3.50. The molecule has 0 saturated carbocycles. The van der Waals surface area contributed by atoms with Crippen LogP contribution in [0, 0.1) is 0 Å². The zero-order chi connectivity index (χ0) is 20.4. The van der Waals surface area contributed by atoms with Crippen molar-refractivity contribution in [3.8, 4) is 11.5 Å². The predicted molar refractivity (Wildman–Crippen MR) is 112 cm³/mol. The van der Waals surface area contributed by atoms with E-state index in [1.807, 2.05) is 30.3 Å². The van der Waals surface area contributed by atoms with E-state index in [0.29, 0.717) is 21.9 Å². The minimum absolute atomic E-state index is 0.106. The van der Waals surface area contributed by atoms with Crippen LogP contribution in [0.5, 0.6) is 11.5 Å². The fourth-order valence-electron chi connectivity index (χ4n) is 3.17. The zero-order valence-electron chi connectivity index (χ0n) is 15.5. The lowest BCUT2D eigenvalue weighted by atomic mass is 9.94. The molecule has 0 spiro atoms. The van der Waals surface area contributed by atoms with Crippen molar-refractivity contribution in [2.24, 2.45) is 0 Å². The highest BCUT2D eigenvalue weighted by molar-refractivity contribution is 7.80. The largest absolute Gasteiger partial charge is 0.503 e. The van der Waals surface area contributed by atoms with Gasteiger partial charge in [-0.1, -0.05) is 29.8 Å². The molecule has 146 valence electrons. The summed E-state index contributed by atoms with van der Waals surface area (Å²) in [4.78, 5) is 14.4. The summed E-state index contributed by atoms with van der Waals surface area (Å²) < 4.78 is 10.2. The average molecular weight is 419 g/mol. The number of benzene rings is 2. The van der Waals surface area contributed by atoms with E-state index in [4.69, 9.17) is 33.3 Å². The van der Waals surface area contributed by atoms with Gasteiger partial charge in [-0.25, -0.2) is 4.79 Å². The lowest BCUT2D eigenvalue weighted by molar-refractivity contribution is -0.136. The van der Waals surface area contributed by atoms with Crippen molar-refractivity contribution in [2.75, 3.05) is 19.1 Å². The number of ether oxygens (including phenoxy) is 2. The number of para-hydroxylation sites is 1. The number of hydrogen-bond donors (Lipinski definition) is 2. The first-order valence-electron chi connectivity index (χ1n) is 8.40. The molecule has 0 unspecified atom stereocenters. The van der Waals surface area contributed by atoms with Crippen LogP contribution in [0.3, 0.4) is 0 Å². The van der Waals surface area contributed by atoms with Gasteiger partial charge in [-0.2, -0.15) is 0 Å². The standard InChI is InChI=1S/C20H19ClN2O4S/c1-11-16(19(25)27-3)17(12-9-14(21)18(24)15(10-12)26-2)22-20(28)23(11)13-7-5-4-6-8-13/h4-10,17,24H,1-3H3,(H,22,28)/t17-/m0/s1. The Labute approximate surface area is 173 Å². The molecule has 1 aliphatic heterocycles. The summed E-state index contributed by atoms with van der Waals surface area (Å²) in [5.41, 5.74) is 2.44. The van der Waals surface area contributed by atoms with Crippen LogP contribution in [-0.2, 0) is 9.53 Å². The van der Waals surface area contributed by atoms with Crippen molar-refractivity contribution in [3.63, 3.8) is 0 Å². The highest BCUT2D eigenvalue weighted by Gasteiger charge is 2.35. The molecule has 0 amide bonds. The highest BCUT2D eigenvalue weighted by atomic mass is 35.5. The van der Waals surface area contributed by atoms with Crippen LogP contribution in [0.25, 0.3) is 0 Å². The molecule has 0 fully saturated rings. The molecule has 2 aromatic carbocycles. The topological polar surface area (TPSA) is 71.0 Å². The number of methoxy groups -OCH3 is 2. The Morgan fingerprint density at radius 2 is 1.93 bits per heavy atom. The molecule has 0 bridgehead atoms. The van der Waals surface area contributed by atoms with Gasteiger partial charge in [0, 0.05) is 11.4 Å². The molecule has 1 atom stereocenters. The van der Waals surface area contributed by atoms with Gasteiger partial charge in [-0.15, -0.1) is 0 Å². The lowest BCUT2D eigenvalue weighted by Crippen LogP contribution is -2.48. The van der Waals surface area contributed by atoms with Gasteiger partial charge in [-0.05, 0) is 49.0 Å². The second-order valence-electron chi connectivity index (χ2n) is 6.10. The molecule has 2 N–H and O–H groups in total. The Morgan fingerprint density at radius 3 is 2.54 bits per heavy atom. The molecule has 3 rings (SSSR count). The first-order chi connectivity index (χ1) is 13.4. The number of allylic oxidation sites excluding steroid dienone is 1. The average Bonchev–Trinajstić information content (AvgIpc) is 2.69. The van der Waals surface area contributed by atoms with E-state index in [1.165, 1.54) is 14.2 Å². The van der Waals surface area contributed by atoms with E-state index in [0.717, 1.165) is 5.69 Å². The number of halogens is 1. The summed E-state index contributed by atoms with van der Waals surface area (Å²) in [5, 5.41) is 13.7. The third-order valence-corrected chi connectivity index (χ3v) is 5.10. The van der Waals surface area contributed by atoms with E-state index in [2.05, 4.69) is 5.32 Å². The van der Waals surface area contributed by atoms with E-state index >= 15 is 0 Å². The molecule has 1 aliphatic rings. The van der Waals surface area contributed by atoms with Crippen molar-refractivity contribution in [3.05, 3.63) is 64.3 Å². The number of phenols is 1. The van der Waals surface area contributed by atoms with Crippen molar-refractivity contribution in [1.29, 1.82) is 0 Å². The minimum atomic E-state index is -0.619. The number of carbonyl (C=O) groups is 1. The smallest absolute Gasteiger partial charge is 0.337 e. The van der Waals surface area contributed by atoms with Crippen LogP contribution >= 0.6 is 23.8 Å². The fraction of sp³-hybridized carbons (Fsp3) is 0.200. The first kappa shape index (κ1) is 20.0. The van der Waals surface area contributed by atoms with Gasteiger partial charge in [0.15, 0.2) is 16.6 Å². The molecule has 0 aliphatic carbocycles. The second kappa shape index (κ2) is 8.08. The summed E-state index contributed by atoms with van der Waals surface area (Å²) in [7, 11) is 2.75. The quantitative estimate of drug-likeness (QED) is 0.575. The molecule has 0 saturated heterocycles. The van der Waals surface area contributed by atoms with Gasteiger partial charge in [0.2, 0.25) is 0 Å². The number of aromatic hydroxyl groups is 1. The van der Waals surface area contributed by atoms with Crippen molar-refractivity contribution < 1.29 is 19.4 Å². The van der Waals surface area contributed by atoms with Crippen molar-refractivity contribution >= 4 is 40.6 Å². The maximum atomic E-state index is 12.6. The first-order valence-corrected chi connectivity index (χ1v) is 9.18. The Kier molecular flexibility index (Phi) is 5.76. The maximum absolute atomic E-state index is 12.6. The summed E-state index contributed by atoms with van der Waals surface area (Å²) in [5.74, 6) is -0.471. The number of anilines is 1. The molecule has 8 heteroatoms. The van der Waals surface area contributed by atoms with Gasteiger partial charge in [-0.3, -0.25) is 4.90 Å². The number of rotatable bonds is 4. The summed E-state index contributed by atoms with van der Waals surface area (Å²) in [6.07, 6.45) is 0. The molecule has 6 nitrogen and oxygen atoms in total. The molecule has 2 aromatic rings. The number of nitrogens with one attached hydrogen (secondary N) is 1. The monoisotopic (exact) mass is 418 g/mol. The number of hydrogen-bond acceptors (Lipinski definition) is 5. The van der Waals surface area contributed by atoms with E-state index < -0.39 is 12.0 Å².